The van der Waals surface area contributed by atoms with E-state index in [1.165, 1.54) is 0 Å². The van der Waals surface area contributed by atoms with E-state index < -0.39 is 23.5 Å². The summed E-state index contributed by atoms with van der Waals surface area (Å²) in [6.07, 6.45) is -1.11. The van der Waals surface area contributed by atoms with Crippen molar-refractivity contribution in [1.29, 1.82) is 0 Å². The lowest BCUT2D eigenvalue weighted by atomic mass is 9.95. The molecule has 5 nitrogen and oxygen atoms in total. The Morgan fingerprint density at radius 2 is 2.05 bits per heavy atom. The van der Waals surface area contributed by atoms with Crippen LogP contribution in [0.3, 0.4) is 0 Å². The van der Waals surface area contributed by atoms with Gasteiger partial charge in [-0.3, -0.25) is 9.78 Å². The van der Waals surface area contributed by atoms with Crippen LogP contribution in [0.4, 0.5) is 4.39 Å². The molecule has 2 heterocycles. The summed E-state index contributed by atoms with van der Waals surface area (Å²) in [6.45, 7) is 3.81. The molecular formula is C15H17FN2O3. The van der Waals surface area contributed by atoms with Crippen molar-refractivity contribution in [3.05, 3.63) is 44.6 Å². The molecule has 21 heavy (non-hydrogen) atoms. The number of H-pyrrole nitrogens is 2. The molecule has 3 rings (SSSR count). The Labute approximate surface area is 120 Å². The van der Waals surface area contributed by atoms with Crippen molar-refractivity contribution in [2.75, 3.05) is 0 Å². The maximum atomic E-state index is 14.4. The van der Waals surface area contributed by atoms with Crippen molar-refractivity contribution in [2.24, 2.45) is 5.92 Å². The second-order valence-corrected chi connectivity index (χ2v) is 5.52. The Kier molecular flexibility index (Phi) is 3.41. The number of halogens is 1. The molecule has 1 saturated heterocycles. The van der Waals surface area contributed by atoms with Crippen LogP contribution in [-0.4, -0.2) is 22.2 Å². The van der Waals surface area contributed by atoms with Gasteiger partial charge in [0.25, 0.3) is 5.56 Å². The smallest absolute Gasteiger partial charge is 0.326 e. The van der Waals surface area contributed by atoms with Gasteiger partial charge in [0.05, 0.1) is 17.0 Å². The van der Waals surface area contributed by atoms with Crippen LogP contribution in [-0.2, 0) is 4.74 Å². The van der Waals surface area contributed by atoms with E-state index in [-0.39, 0.29) is 12.0 Å². The van der Waals surface area contributed by atoms with Gasteiger partial charge < -0.3 is 9.72 Å². The highest BCUT2D eigenvalue weighted by Gasteiger charge is 2.42. The van der Waals surface area contributed by atoms with Crippen molar-refractivity contribution < 1.29 is 9.13 Å². The molecule has 0 aliphatic carbocycles. The third-order valence-corrected chi connectivity index (χ3v) is 4.19. The molecule has 0 radical (unpaired) electrons. The molecule has 2 aromatic rings. The molecule has 112 valence electrons. The summed E-state index contributed by atoms with van der Waals surface area (Å²) < 4.78 is 20.2. The summed E-state index contributed by atoms with van der Waals surface area (Å²) in [4.78, 5) is 27.7. The van der Waals surface area contributed by atoms with Crippen LogP contribution in [0.2, 0.25) is 0 Å². The summed E-state index contributed by atoms with van der Waals surface area (Å²) in [5, 5.41) is 0.367. The summed E-state index contributed by atoms with van der Waals surface area (Å²) >= 11 is 0. The zero-order chi connectivity index (χ0) is 15.1. The van der Waals surface area contributed by atoms with Gasteiger partial charge in [-0.05, 0) is 24.1 Å². The number of rotatable bonds is 2. The van der Waals surface area contributed by atoms with E-state index in [2.05, 4.69) is 9.97 Å². The molecular weight excluding hydrogens is 275 g/mol. The van der Waals surface area contributed by atoms with Crippen molar-refractivity contribution >= 4 is 10.9 Å². The van der Waals surface area contributed by atoms with Crippen LogP contribution in [0.25, 0.3) is 10.9 Å². The molecule has 0 spiro atoms. The van der Waals surface area contributed by atoms with Crippen LogP contribution >= 0.6 is 0 Å². The Bertz CT molecular complexity index is 782. The van der Waals surface area contributed by atoms with E-state index in [0.717, 1.165) is 6.42 Å². The fourth-order valence-electron chi connectivity index (χ4n) is 2.96. The monoisotopic (exact) mass is 292 g/mol. The minimum Gasteiger partial charge on any atom is -0.367 e. The third-order valence-electron chi connectivity index (χ3n) is 4.19. The van der Waals surface area contributed by atoms with E-state index in [1.807, 2.05) is 13.8 Å². The van der Waals surface area contributed by atoms with E-state index >= 15 is 0 Å². The predicted molar refractivity (Wildman–Crippen MR) is 77.2 cm³/mol. The first kappa shape index (κ1) is 14.0. The predicted octanol–water partition coefficient (Wildman–Crippen LogP) is 2.04. The zero-order valence-electron chi connectivity index (χ0n) is 11.9. The molecule has 0 saturated carbocycles. The number of nitrogens with one attached hydrogen (secondary N) is 2. The second kappa shape index (κ2) is 5.11. The minimum absolute atomic E-state index is 0.112. The normalized spacial score (nSPS) is 29.1. The number of aromatic amines is 2. The lowest BCUT2D eigenvalue weighted by Crippen LogP contribution is -2.22. The van der Waals surface area contributed by atoms with Crippen LogP contribution in [0.1, 0.15) is 31.9 Å². The van der Waals surface area contributed by atoms with Gasteiger partial charge in [0.1, 0.15) is 12.3 Å². The maximum absolute atomic E-state index is 14.4. The first-order chi connectivity index (χ1) is 10.0. The Morgan fingerprint density at radius 3 is 2.71 bits per heavy atom. The Balaban J connectivity index is 2.06. The van der Waals surface area contributed by atoms with Gasteiger partial charge in [-0.1, -0.05) is 19.9 Å². The highest BCUT2D eigenvalue weighted by atomic mass is 19.1. The van der Waals surface area contributed by atoms with Crippen molar-refractivity contribution in [3.8, 4) is 0 Å². The van der Waals surface area contributed by atoms with E-state index in [4.69, 9.17) is 4.74 Å². The largest absolute Gasteiger partial charge is 0.367 e. The van der Waals surface area contributed by atoms with Gasteiger partial charge in [-0.2, -0.15) is 0 Å². The molecule has 1 aliphatic rings. The van der Waals surface area contributed by atoms with Gasteiger partial charge >= 0.3 is 5.69 Å². The van der Waals surface area contributed by atoms with Crippen LogP contribution in [0.5, 0.6) is 0 Å². The van der Waals surface area contributed by atoms with Crippen molar-refractivity contribution in [2.45, 2.75) is 38.6 Å². The van der Waals surface area contributed by atoms with Crippen LogP contribution in [0.15, 0.2) is 27.8 Å². The average molecular weight is 292 g/mol. The summed E-state index contributed by atoms with van der Waals surface area (Å²) in [7, 11) is 0. The maximum Gasteiger partial charge on any atom is 0.326 e. The number of hydrogen-bond donors (Lipinski definition) is 2. The van der Waals surface area contributed by atoms with Gasteiger partial charge in [0, 0.05) is 5.92 Å². The molecule has 0 unspecified atom stereocenters. The lowest BCUT2D eigenvalue weighted by molar-refractivity contribution is 0.0231. The number of benzene rings is 1. The number of ether oxygens (including phenoxy) is 1. The first-order valence-electron chi connectivity index (χ1n) is 7.07. The van der Waals surface area contributed by atoms with Crippen LogP contribution < -0.4 is 11.2 Å². The van der Waals surface area contributed by atoms with Gasteiger partial charge in [-0.25, -0.2) is 9.18 Å². The van der Waals surface area contributed by atoms with Gasteiger partial charge in [0.15, 0.2) is 0 Å². The van der Waals surface area contributed by atoms with Gasteiger partial charge in [-0.15, -0.1) is 0 Å². The van der Waals surface area contributed by atoms with Crippen molar-refractivity contribution in [3.63, 3.8) is 0 Å². The molecule has 0 bridgehead atoms. The fourth-order valence-corrected chi connectivity index (χ4v) is 2.96. The number of aromatic nitrogens is 2. The minimum atomic E-state index is -1.10. The molecule has 6 heteroatoms. The Morgan fingerprint density at radius 1 is 1.29 bits per heavy atom. The number of fused-ring (bicyclic) bond motifs is 1. The van der Waals surface area contributed by atoms with Gasteiger partial charge in [0.2, 0.25) is 0 Å². The third kappa shape index (κ3) is 2.29. The highest BCUT2D eigenvalue weighted by Crippen LogP contribution is 2.40. The second-order valence-electron chi connectivity index (χ2n) is 5.52. The fraction of sp³-hybridized carbons (Fsp3) is 0.467. The molecule has 2 N–H and O–H groups in total. The van der Waals surface area contributed by atoms with E-state index in [9.17, 15) is 14.0 Å². The van der Waals surface area contributed by atoms with Crippen LogP contribution in [0, 0.1) is 5.92 Å². The number of hydrogen-bond acceptors (Lipinski definition) is 3. The van der Waals surface area contributed by atoms with E-state index in [1.54, 1.807) is 18.2 Å². The summed E-state index contributed by atoms with van der Waals surface area (Å²) in [6, 6.07) is 4.88. The molecule has 1 aromatic heterocycles. The first-order valence-corrected chi connectivity index (χ1v) is 7.07. The average Bonchev–Trinajstić information content (AvgIpc) is 2.74. The summed E-state index contributed by atoms with van der Waals surface area (Å²) in [5.74, 6) is -0.172. The molecule has 1 aliphatic heterocycles. The molecule has 4 atom stereocenters. The molecule has 0 amide bonds. The van der Waals surface area contributed by atoms with Crippen molar-refractivity contribution in [1.82, 2.24) is 9.97 Å². The van der Waals surface area contributed by atoms with E-state index in [0.29, 0.717) is 16.5 Å². The highest BCUT2D eigenvalue weighted by molar-refractivity contribution is 5.77. The zero-order valence-corrected chi connectivity index (χ0v) is 11.9. The Hall–Kier alpha value is -1.95. The molecule has 1 aromatic carbocycles. The summed E-state index contributed by atoms with van der Waals surface area (Å²) in [5.41, 5.74) is 0.00142. The lowest BCUT2D eigenvalue weighted by Gasteiger charge is -2.14. The molecule has 1 fully saturated rings. The SMILES string of the molecule is CC[C@H]1O[C@@H](c2ccc3c(=O)[nH]c(=O)[nH]c3c2)[C@@H](F)[C@@H]1C. The number of alkyl halides is 1. The quantitative estimate of drug-likeness (QED) is 0.889. The topological polar surface area (TPSA) is 75.0 Å². The standard InChI is InChI=1S/C15H17FN2O3/c1-3-11-7(2)12(16)13(21-11)8-4-5-9-10(6-8)17-15(20)18-14(9)19/h4-7,11-13H,3H2,1-2H3,(H2,17,18,19,20)/t7-,11-,12+,13+/m1/s1.